The van der Waals surface area contributed by atoms with Crippen LogP contribution in [0.2, 0.25) is 0 Å². The van der Waals surface area contributed by atoms with Crippen molar-refractivity contribution in [3.8, 4) is 5.88 Å². The summed E-state index contributed by atoms with van der Waals surface area (Å²) in [5, 5.41) is 0.813. The number of methoxy groups -OCH3 is 1. The van der Waals surface area contributed by atoms with E-state index in [1.54, 1.807) is 18.9 Å². The minimum Gasteiger partial charge on any atom is -0.479 e. The summed E-state index contributed by atoms with van der Waals surface area (Å²) in [6.07, 6.45) is 3.30. The van der Waals surface area contributed by atoms with Gasteiger partial charge in [-0.25, -0.2) is 9.98 Å². The molecule has 6 heteroatoms. The Kier molecular flexibility index (Phi) is 2.78. The summed E-state index contributed by atoms with van der Waals surface area (Å²) in [5.41, 5.74) is 9.00. The lowest BCUT2D eigenvalue weighted by molar-refractivity contribution is 0.370. The number of aromatic nitrogens is 2. The SMILES string of the molecule is COc1ncnc2c1N=C1CC(C)(C)CC(N)=C1S2. The maximum atomic E-state index is 6.20. The Balaban J connectivity index is 2.15. The predicted octanol–water partition coefficient (Wildman–Crippen LogP) is 2.65. The van der Waals surface area contributed by atoms with Crippen molar-refractivity contribution in [1.82, 2.24) is 9.97 Å². The fourth-order valence-corrected chi connectivity index (χ4v) is 3.45. The van der Waals surface area contributed by atoms with E-state index in [9.17, 15) is 0 Å². The molecule has 2 N–H and O–H groups in total. The second-order valence-corrected chi connectivity index (χ2v) is 6.57. The number of allylic oxidation sites excluding steroid dienone is 2. The molecule has 19 heavy (non-hydrogen) atoms. The Morgan fingerprint density at radius 2 is 2.11 bits per heavy atom. The van der Waals surface area contributed by atoms with E-state index < -0.39 is 0 Å². The van der Waals surface area contributed by atoms with Crippen LogP contribution in [0.3, 0.4) is 0 Å². The smallest absolute Gasteiger partial charge is 0.244 e. The summed E-state index contributed by atoms with van der Waals surface area (Å²) in [6.45, 7) is 4.41. The molecule has 0 amide bonds. The number of rotatable bonds is 1. The Morgan fingerprint density at radius 3 is 2.84 bits per heavy atom. The average Bonchev–Trinajstić information content (AvgIpc) is 2.35. The minimum atomic E-state index is 0.146. The van der Waals surface area contributed by atoms with Crippen molar-refractivity contribution in [3.05, 3.63) is 16.9 Å². The summed E-state index contributed by atoms with van der Waals surface area (Å²) in [6, 6.07) is 0. The average molecular weight is 276 g/mol. The molecule has 5 nitrogen and oxygen atoms in total. The van der Waals surface area contributed by atoms with Gasteiger partial charge in [0.2, 0.25) is 5.88 Å². The van der Waals surface area contributed by atoms with Gasteiger partial charge in [-0.3, -0.25) is 0 Å². The van der Waals surface area contributed by atoms with Gasteiger partial charge in [-0.15, -0.1) is 0 Å². The number of ether oxygens (including phenoxy) is 1. The molecule has 0 saturated heterocycles. The van der Waals surface area contributed by atoms with Crippen LogP contribution in [-0.2, 0) is 0 Å². The monoisotopic (exact) mass is 276 g/mol. The second-order valence-electron chi connectivity index (χ2n) is 5.57. The van der Waals surface area contributed by atoms with Crippen LogP contribution in [0, 0.1) is 5.41 Å². The van der Waals surface area contributed by atoms with Crippen molar-refractivity contribution < 1.29 is 4.74 Å². The molecule has 0 atom stereocenters. The van der Waals surface area contributed by atoms with Crippen molar-refractivity contribution in [1.29, 1.82) is 0 Å². The van der Waals surface area contributed by atoms with Crippen molar-refractivity contribution in [2.75, 3.05) is 7.11 Å². The normalized spacial score (nSPS) is 20.5. The Morgan fingerprint density at radius 1 is 1.32 bits per heavy atom. The molecule has 0 fully saturated rings. The van der Waals surface area contributed by atoms with Gasteiger partial charge in [0.1, 0.15) is 11.4 Å². The van der Waals surface area contributed by atoms with Gasteiger partial charge in [0.15, 0.2) is 5.69 Å². The number of hydrogen-bond donors (Lipinski definition) is 1. The highest BCUT2D eigenvalue weighted by atomic mass is 32.2. The quantitative estimate of drug-likeness (QED) is 0.798. The molecule has 1 aromatic rings. The Hall–Kier alpha value is -1.56. The van der Waals surface area contributed by atoms with Crippen LogP contribution in [-0.4, -0.2) is 22.8 Å². The van der Waals surface area contributed by atoms with Crippen molar-refractivity contribution in [3.63, 3.8) is 0 Å². The standard InChI is InChI=1S/C13H16N4OS/c1-13(2)4-7(14)10-8(5-13)17-9-11(18-3)15-6-16-12(9)19-10/h6H,4-5,14H2,1-3H3. The molecule has 0 aromatic carbocycles. The molecule has 0 bridgehead atoms. The van der Waals surface area contributed by atoms with Gasteiger partial charge in [0.05, 0.1) is 17.7 Å². The summed E-state index contributed by atoms with van der Waals surface area (Å²) in [4.78, 5) is 14.1. The van der Waals surface area contributed by atoms with Crippen molar-refractivity contribution >= 4 is 23.2 Å². The lowest BCUT2D eigenvalue weighted by Crippen LogP contribution is -2.28. The van der Waals surface area contributed by atoms with Gasteiger partial charge >= 0.3 is 0 Å². The Bertz CT molecular complexity index is 607. The lowest BCUT2D eigenvalue weighted by Gasteiger charge is -2.33. The van der Waals surface area contributed by atoms with Crippen LogP contribution in [0.25, 0.3) is 0 Å². The number of aliphatic imine (C=N–C) groups is 1. The van der Waals surface area contributed by atoms with E-state index in [0.29, 0.717) is 5.88 Å². The first-order chi connectivity index (χ1) is 9.00. The van der Waals surface area contributed by atoms with E-state index in [1.807, 2.05) is 0 Å². The highest BCUT2D eigenvalue weighted by Crippen LogP contribution is 2.48. The molecule has 100 valence electrons. The van der Waals surface area contributed by atoms with E-state index in [4.69, 9.17) is 15.5 Å². The summed E-state index contributed by atoms with van der Waals surface area (Å²) in [5.74, 6) is 0.519. The molecule has 0 radical (unpaired) electrons. The number of nitrogens with two attached hydrogens (primary N) is 1. The zero-order valence-electron chi connectivity index (χ0n) is 11.2. The Labute approximate surface area is 116 Å². The van der Waals surface area contributed by atoms with Gasteiger partial charge in [0, 0.05) is 5.70 Å². The zero-order valence-corrected chi connectivity index (χ0v) is 12.0. The van der Waals surface area contributed by atoms with E-state index in [2.05, 4.69) is 23.8 Å². The van der Waals surface area contributed by atoms with Crippen molar-refractivity contribution in [2.24, 2.45) is 16.1 Å². The highest BCUT2D eigenvalue weighted by molar-refractivity contribution is 8.04. The number of hydrogen-bond acceptors (Lipinski definition) is 6. The molecular weight excluding hydrogens is 260 g/mol. The first kappa shape index (κ1) is 12.5. The number of nitrogens with zero attached hydrogens (tertiary/aromatic N) is 3. The van der Waals surface area contributed by atoms with Crippen LogP contribution < -0.4 is 10.5 Å². The van der Waals surface area contributed by atoms with Crippen LogP contribution in [0.15, 0.2) is 26.9 Å². The third kappa shape index (κ3) is 2.10. The van der Waals surface area contributed by atoms with E-state index in [-0.39, 0.29) is 5.41 Å². The number of thioether (sulfide) groups is 1. The maximum absolute atomic E-state index is 6.20. The van der Waals surface area contributed by atoms with Gasteiger partial charge in [0.25, 0.3) is 0 Å². The van der Waals surface area contributed by atoms with Gasteiger partial charge in [-0.1, -0.05) is 25.6 Å². The molecule has 0 unspecified atom stereocenters. The van der Waals surface area contributed by atoms with Crippen LogP contribution >= 0.6 is 11.8 Å². The molecule has 1 aliphatic heterocycles. The molecule has 2 heterocycles. The third-order valence-electron chi connectivity index (χ3n) is 3.26. The summed E-state index contributed by atoms with van der Waals surface area (Å²) < 4.78 is 5.25. The molecule has 2 aliphatic rings. The zero-order chi connectivity index (χ0) is 13.6. The molecule has 0 spiro atoms. The molecule has 1 aromatic heterocycles. The molecule has 3 rings (SSSR count). The largest absolute Gasteiger partial charge is 0.479 e. The van der Waals surface area contributed by atoms with E-state index >= 15 is 0 Å². The topological polar surface area (TPSA) is 73.4 Å². The lowest BCUT2D eigenvalue weighted by atomic mass is 9.78. The van der Waals surface area contributed by atoms with Gasteiger partial charge in [-0.2, -0.15) is 4.98 Å². The van der Waals surface area contributed by atoms with E-state index in [1.165, 1.54) is 6.33 Å². The van der Waals surface area contributed by atoms with Gasteiger partial charge in [-0.05, 0) is 18.3 Å². The van der Waals surface area contributed by atoms with Crippen LogP contribution in [0.4, 0.5) is 5.69 Å². The fourth-order valence-electron chi connectivity index (χ4n) is 2.49. The van der Waals surface area contributed by atoms with Gasteiger partial charge < -0.3 is 10.5 Å². The predicted molar refractivity (Wildman–Crippen MR) is 75.8 cm³/mol. The second kappa shape index (κ2) is 4.23. The van der Waals surface area contributed by atoms with Crippen molar-refractivity contribution in [2.45, 2.75) is 31.7 Å². The maximum Gasteiger partial charge on any atom is 0.244 e. The number of fused-ring (bicyclic) bond motifs is 2. The molecule has 1 aliphatic carbocycles. The summed E-state index contributed by atoms with van der Waals surface area (Å²) >= 11 is 1.57. The first-order valence-corrected chi connectivity index (χ1v) is 6.95. The van der Waals surface area contributed by atoms with E-state index in [0.717, 1.165) is 39.9 Å². The van der Waals surface area contributed by atoms with Crippen LogP contribution in [0.5, 0.6) is 5.88 Å². The minimum absolute atomic E-state index is 0.146. The summed E-state index contributed by atoms with van der Waals surface area (Å²) in [7, 11) is 1.60. The van der Waals surface area contributed by atoms with Crippen LogP contribution in [0.1, 0.15) is 26.7 Å². The third-order valence-corrected chi connectivity index (χ3v) is 4.46. The molecular formula is C13H16N4OS. The molecule has 0 saturated carbocycles. The fraction of sp³-hybridized carbons (Fsp3) is 0.462. The highest BCUT2D eigenvalue weighted by Gasteiger charge is 2.34. The first-order valence-electron chi connectivity index (χ1n) is 6.13.